The molecule has 0 aliphatic heterocycles. The molecule has 0 bridgehead atoms. The van der Waals surface area contributed by atoms with Crippen LogP contribution in [0.15, 0.2) is 72.2 Å². The van der Waals surface area contributed by atoms with Crippen LogP contribution in [0.25, 0.3) is 5.57 Å². The summed E-state index contributed by atoms with van der Waals surface area (Å²) >= 11 is 0. The molecule has 0 fully saturated rings. The lowest BCUT2D eigenvalue weighted by atomic mass is 10.1. The van der Waals surface area contributed by atoms with Crippen LogP contribution in [0.2, 0.25) is 0 Å². The minimum atomic E-state index is 0.385. The zero-order chi connectivity index (χ0) is 24.8. The zero-order valence-corrected chi connectivity index (χ0v) is 19.9. The Morgan fingerprint density at radius 3 is 2.41 bits per heavy atom. The Morgan fingerprint density at radius 1 is 1.34 bits per heavy atom. The number of nitroso groups, excluding NO2 is 1. The third-order valence-corrected chi connectivity index (χ3v) is 3.52. The van der Waals surface area contributed by atoms with Crippen LogP contribution in [0.4, 0.5) is 11.4 Å². The molecule has 7 heteroatoms. The van der Waals surface area contributed by atoms with Crippen LogP contribution in [0.5, 0.6) is 0 Å². The van der Waals surface area contributed by atoms with Crippen molar-refractivity contribution >= 4 is 16.9 Å². The van der Waals surface area contributed by atoms with E-state index in [-0.39, 0.29) is 0 Å². The predicted octanol–water partition coefficient (Wildman–Crippen LogP) is 4.57. The maximum Gasteiger partial charge on any atom is 0.255 e. The van der Waals surface area contributed by atoms with E-state index >= 15 is 0 Å². The van der Waals surface area contributed by atoms with Gasteiger partial charge in [-0.3, -0.25) is 0 Å². The quantitative estimate of drug-likeness (QED) is 0.281. The molecule has 1 aromatic rings. The normalized spacial score (nSPS) is 10.4. The number of likely N-dealkylation sites (N-methyl/N-ethyl adjacent to an activating group) is 1. The summed E-state index contributed by atoms with van der Waals surface area (Å²) in [5, 5.41) is 24.4. The Balaban J connectivity index is 0. The molecule has 7 nitrogen and oxygen atoms in total. The summed E-state index contributed by atoms with van der Waals surface area (Å²) in [6, 6.07) is 7.02. The standard InChI is InChI=1S/C12H13N3O.C8H9NO.C3H6O.C2H6/c1-3-6-14-12-7-10(15-16)4-5-11(12)9(2)8-13;1-9-7-3-5-8(10-2)6-4-7;1-2-3-4;1-2/h4-5,7,14H,2-3,6H2,1H3;3,5,9H,1-2H3;2-4H,1H3;1-2H3/p+1/b;;3-2+;. The Morgan fingerprint density at radius 2 is 2.00 bits per heavy atom. The number of aliphatic hydroxyl groups excluding tert-OH is 1. The third-order valence-electron chi connectivity index (χ3n) is 3.52. The smallest absolute Gasteiger partial charge is 0.255 e. The highest BCUT2D eigenvalue weighted by Gasteiger charge is 2.09. The van der Waals surface area contributed by atoms with Gasteiger partial charge in [0.15, 0.2) is 5.76 Å². The second-order valence-electron chi connectivity index (χ2n) is 5.68. The molecule has 0 unspecified atom stereocenters. The largest absolute Gasteiger partial charge is 0.516 e. The fraction of sp³-hybridized carbons (Fsp3) is 0.320. The number of allylic oxidation sites excluding steroid dienone is 4. The van der Waals surface area contributed by atoms with Gasteiger partial charge in [-0.1, -0.05) is 33.4 Å². The predicted molar refractivity (Wildman–Crippen MR) is 132 cm³/mol. The average Bonchev–Trinajstić information content (AvgIpc) is 2.88. The highest BCUT2D eigenvalue weighted by molar-refractivity contribution is 5.83. The third kappa shape index (κ3) is 12.6. The molecule has 0 aromatic heterocycles. The van der Waals surface area contributed by atoms with Crippen molar-refractivity contribution in [1.29, 1.82) is 5.26 Å². The monoisotopic (exact) mass is 439 g/mol. The first-order valence-electron chi connectivity index (χ1n) is 10.3. The number of rotatable bonds is 7. The molecule has 0 heterocycles. The second-order valence-corrected chi connectivity index (χ2v) is 5.68. The number of methoxy groups -OCH3 is 1. The van der Waals surface area contributed by atoms with Gasteiger partial charge in [-0.25, -0.2) is 0 Å². The molecular formula is C25H35N4O3+. The number of nitrogens with one attached hydrogen (secondary N) is 3. The summed E-state index contributed by atoms with van der Waals surface area (Å²) in [5.74, 6) is 0.707. The van der Waals surface area contributed by atoms with Gasteiger partial charge in [0, 0.05) is 47.1 Å². The minimum Gasteiger partial charge on any atom is -0.516 e. The van der Waals surface area contributed by atoms with E-state index in [9.17, 15) is 4.91 Å². The van der Waals surface area contributed by atoms with Gasteiger partial charge < -0.3 is 20.5 Å². The lowest BCUT2D eigenvalue weighted by molar-refractivity contribution is -0.379. The lowest BCUT2D eigenvalue weighted by Gasteiger charge is -2.09. The average molecular weight is 440 g/mol. The molecule has 0 saturated carbocycles. The Kier molecular flexibility index (Phi) is 19.2. The van der Waals surface area contributed by atoms with Crippen molar-refractivity contribution in [1.82, 2.24) is 5.32 Å². The molecule has 0 spiro atoms. The van der Waals surface area contributed by atoms with E-state index in [1.165, 1.54) is 0 Å². The summed E-state index contributed by atoms with van der Waals surface area (Å²) in [4.78, 5) is 10.5. The van der Waals surface area contributed by atoms with E-state index in [0.717, 1.165) is 36.2 Å². The van der Waals surface area contributed by atoms with Crippen LogP contribution in [0.3, 0.4) is 0 Å². The van der Waals surface area contributed by atoms with E-state index < -0.39 is 0 Å². The highest BCUT2D eigenvalue weighted by Crippen LogP contribution is 2.24. The fourth-order valence-corrected chi connectivity index (χ4v) is 1.97. The summed E-state index contributed by atoms with van der Waals surface area (Å²) in [5.41, 5.74) is 8.96. The van der Waals surface area contributed by atoms with Crippen molar-refractivity contribution in [2.75, 3.05) is 26.0 Å². The molecule has 2 rings (SSSR count). The molecule has 172 valence electrons. The van der Waals surface area contributed by atoms with Crippen molar-refractivity contribution in [3.8, 4) is 6.07 Å². The van der Waals surface area contributed by atoms with Gasteiger partial charge in [0.25, 0.3) is 5.69 Å². The van der Waals surface area contributed by atoms with Crippen LogP contribution < -0.4 is 15.8 Å². The minimum absolute atomic E-state index is 0.385. The number of aliphatic hydroxyl groups is 1. The maximum absolute atomic E-state index is 10.5. The lowest BCUT2D eigenvalue weighted by Crippen LogP contribution is -2.55. The van der Waals surface area contributed by atoms with Gasteiger partial charge in [0.2, 0.25) is 0 Å². The topological polar surface area (TPSA) is 108 Å². The second kappa shape index (κ2) is 20.3. The number of nitriles is 1. The van der Waals surface area contributed by atoms with Crippen LogP contribution in [0, 0.1) is 16.2 Å². The Hall–Kier alpha value is -3.97. The van der Waals surface area contributed by atoms with E-state index in [4.69, 9.17) is 15.1 Å². The van der Waals surface area contributed by atoms with Crippen LogP contribution >= 0.6 is 0 Å². The molecular weight excluding hydrogens is 404 g/mol. The van der Waals surface area contributed by atoms with Crippen LogP contribution in [-0.4, -0.2) is 25.8 Å². The van der Waals surface area contributed by atoms with E-state index in [1.54, 1.807) is 38.3 Å². The van der Waals surface area contributed by atoms with Gasteiger partial charge in [-0.2, -0.15) is 5.26 Å². The van der Waals surface area contributed by atoms with E-state index in [0.29, 0.717) is 17.0 Å². The first-order valence-corrected chi connectivity index (χ1v) is 10.3. The van der Waals surface area contributed by atoms with Crippen LogP contribution in [-0.2, 0) is 4.74 Å². The summed E-state index contributed by atoms with van der Waals surface area (Å²) in [6.07, 6.45) is 7.24. The van der Waals surface area contributed by atoms with Gasteiger partial charge in [-0.15, -0.1) is 0 Å². The number of hydrogen-bond acceptors (Lipinski definition) is 6. The molecule has 0 saturated heterocycles. The Bertz CT molecular complexity index is 882. The number of anilines is 1. The van der Waals surface area contributed by atoms with Crippen molar-refractivity contribution in [2.45, 2.75) is 34.1 Å². The maximum atomic E-state index is 10.5. The van der Waals surface area contributed by atoms with Crippen molar-refractivity contribution in [2.24, 2.45) is 0 Å². The van der Waals surface area contributed by atoms with E-state index in [2.05, 4.69) is 28.7 Å². The summed E-state index contributed by atoms with van der Waals surface area (Å²) in [6.45, 7) is 12.2. The number of hydrogen-bond donors (Lipinski definition) is 4. The summed E-state index contributed by atoms with van der Waals surface area (Å²) in [7, 11) is 3.45. The van der Waals surface area contributed by atoms with Crippen molar-refractivity contribution < 1.29 is 15.0 Å². The van der Waals surface area contributed by atoms with Crippen molar-refractivity contribution in [3.05, 3.63) is 82.7 Å². The molecule has 1 aliphatic rings. The van der Waals surface area contributed by atoms with E-state index in [1.807, 2.05) is 51.2 Å². The molecule has 1 aromatic carbocycles. The fourth-order valence-electron chi connectivity index (χ4n) is 1.97. The van der Waals surface area contributed by atoms with Gasteiger partial charge >= 0.3 is 0 Å². The Labute approximate surface area is 191 Å². The molecule has 32 heavy (non-hydrogen) atoms. The first-order chi connectivity index (χ1) is 15.5. The zero-order valence-electron chi connectivity index (χ0n) is 19.9. The number of ether oxygens (including phenoxy) is 1. The number of benzene rings is 1. The van der Waals surface area contributed by atoms with Crippen LogP contribution in [0.1, 0.15) is 39.7 Å². The van der Waals surface area contributed by atoms with Gasteiger partial charge in [0.1, 0.15) is 0 Å². The van der Waals surface area contributed by atoms with Crippen molar-refractivity contribution in [3.63, 3.8) is 0 Å². The molecule has 0 amide bonds. The molecule has 0 atom stereocenters. The SMILES string of the molecule is C/C=C/O.C=C(C#N)c1ccc([NH+]=O)cc1NCCC.CC.CNC1=C=C=C(OC)C=C1. The van der Waals surface area contributed by atoms with Gasteiger partial charge in [-0.05, 0) is 43.0 Å². The molecule has 0 radical (unpaired) electrons. The molecule has 4 N–H and O–H groups in total. The first kappa shape index (κ1) is 30.2. The number of nitrogens with zero attached hydrogens (tertiary/aromatic N) is 1. The molecule has 1 aliphatic carbocycles. The van der Waals surface area contributed by atoms with Gasteiger partial charge in [0.05, 0.1) is 30.7 Å². The highest BCUT2D eigenvalue weighted by atomic mass is 16.5. The summed E-state index contributed by atoms with van der Waals surface area (Å²) < 4.78 is 4.90.